The monoisotopic (exact) mass is 415 g/mol. The third-order valence-corrected chi connectivity index (χ3v) is 4.50. The van der Waals surface area contributed by atoms with Gasteiger partial charge in [-0.3, -0.25) is 4.99 Å². The number of benzene rings is 2. The maximum absolute atomic E-state index is 14.5. The summed E-state index contributed by atoms with van der Waals surface area (Å²) in [6.45, 7) is 0.520. The Morgan fingerprint density at radius 2 is 1.68 bits per heavy atom. The Bertz CT molecular complexity index is 762. The fraction of sp³-hybridized carbons (Fsp3) is 0.188. The van der Waals surface area contributed by atoms with E-state index in [1.807, 2.05) is 6.07 Å². The molecule has 114 valence electrons. The number of rotatable bonds is 3. The predicted molar refractivity (Wildman–Crippen MR) is 89.2 cm³/mol. The van der Waals surface area contributed by atoms with Crippen LogP contribution in [0.1, 0.15) is 11.1 Å². The molecule has 1 aliphatic rings. The Hall–Kier alpha value is -1.70. The summed E-state index contributed by atoms with van der Waals surface area (Å²) in [4.78, 5) is 4.32. The fourth-order valence-corrected chi connectivity index (χ4v) is 3.16. The molecule has 3 rings (SSSR count). The van der Waals surface area contributed by atoms with Gasteiger partial charge in [0.05, 0.1) is 26.3 Å². The third-order valence-electron chi connectivity index (χ3n) is 3.58. The Labute approximate surface area is 140 Å². The average Bonchev–Trinajstić information content (AvgIpc) is 2.89. The fourth-order valence-electron chi connectivity index (χ4n) is 2.46. The number of aliphatic imine (C=N–C) groups is 1. The molecule has 0 unspecified atom stereocenters. The zero-order valence-corrected chi connectivity index (χ0v) is 14.1. The number of ether oxygens (including phenoxy) is 2. The molecule has 2 aromatic rings. The van der Waals surface area contributed by atoms with Crippen molar-refractivity contribution in [1.29, 1.82) is 0 Å². The number of methoxy groups -OCH3 is 2. The number of fused-ring (bicyclic) bond motifs is 1. The zero-order chi connectivity index (χ0) is 15.9. The Morgan fingerprint density at radius 3 is 2.27 bits per heavy atom. The van der Waals surface area contributed by atoms with E-state index >= 15 is 0 Å². The molecule has 0 aliphatic carbocycles. The van der Waals surface area contributed by atoms with Crippen molar-refractivity contribution in [2.45, 2.75) is 6.54 Å². The van der Waals surface area contributed by atoms with Crippen LogP contribution < -0.4 is 9.47 Å². The highest BCUT2D eigenvalue weighted by Gasteiger charge is 2.23. The van der Waals surface area contributed by atoms with Gasteiger partial charge in [-0.05, 0) is 39.8 Å². The van der Waals surface area contributed by atoms with Gasteiger partial charge in [0.2, 0.25) is 0 Å². The Kier molecular flexibility index (Phi) is 4.03. The van der Waals surface area contributed by atoms with E-state index in [4.69, 9.17) is 9.47 Å². The van der Waals surface area contributed by atoms with Crippen LogP contribution >= 0.6 is 22.6 Å². The standard InChI is InChI=1S/C16H12F2INO2/c1-21-11-6-12(22-2)15(18)13(14(11)17)8-3-4-10-9(5-8)7-20-16(10)19/h3-6H,7H2,1-2H3. The molecular weight excluding hydrogens is 403 g/mol. The molecule has 0 saturated carbocycles. The molecule has 2 aromatic carbocycles. The van der Waals surface area contributed by atoms with Gasteiger partial charge in [0.15, 0.2) is 23.1 Å². The largest absolute Gasteiger partial charge is 0.494 e. The van der Waals surface area contributed by atoms with Crippen molar-refractivity contribution >= 4 is 26.3 Å². The summed E-state index contributed by atoms with van der Waals surface area (Å²) < 4.78 is 39.9. The molecule has 0 atom stereocenters. The minimum absolute atomic E-state index is 0.0559. The summed E-state index contributed by atoms with van der Waals surface area (Å²) in [5.41, 5.74) is 2.23. The van der Waals surface area contributed by atoms with Crippen LogP contribution in [0.5, 0.6) is 11.5 Å². The first-order valence-electron chi connectivity index (χ1n) is 6.50. The summed E-state index contributed by atoms with van der Waals surface area (Å²) in [6, 6.07) is 6.46. The van der Waals surface area contributed by atoms with Crippen molar-refractivity contribution in [3.05, 3.63) is 47.0 Å². The number of nitrogens with zero attached hydrogens (tertiary/aromatic N) is 1. The van der Waals surface area contributed by atoms with E-state index in [0.29, 0.717) is 12.1 Å². The van der Waals surface area contributed by atoms with Crippen LogP contribution in [-0.2, 0) is 6.54 Å². The summed E-state index contributed by atoms with van der Waals surface area (Å²) in [7, 11) is 2.66. The lowest BCUT2D eigenvalue weighted by Gasteiger charge is -2.13. The van der Waals surface area contributed by atoms with Gasteiger partial charge in [-0.15, -0.1) is 0 Å². The van der Waals surface area contributed by atoms with Gasteiger partial charge in [0.1, 0.15) is 3.72 Å². The molecule has 0 fully saturated rings. The second-order valence-electron chi connectivity index (χ2n) is 4.76. The van der Waals surface area contributed by atoms with Crippen LogP contribution in [0, 0.1) is 11.6 Å². The van der Waals surface area contributed by atoms with Crippen LogP contribution in [0.15, 0.2) is 29.3 Å². The lowest BCUT2D eigenvalue weighted by Crippen LogP contribution is -2.00. The first-order valence-corrected chi connectivity index (χ1v) is 7.58. The van der Waals surface area contributed by atoms with Gasteiger partial charge in [-0.25, -0.2) is 8.78 Å². The van der Waals surface area contributed by atoms with Crippen LogP contribution in [0.3, 0.4) is 0 Å². The van der Waals surface area contributed by atoms with Gasteiger partial charge in [0, 0.05) is 11.6 Å². The molecule has 3 nitrogen and oxygen atoms in total. The highest BCUT2D eigenvalue weighted by Crippen LogP contribution is 2.38. The molecule has 0 bridgehead atoms. The van der Waals surface area contributed by atoms with E-state index in [1.54, 1.807) is 12.1 Å². The quantitative estimate of drug-likeness (QED) is 0.699. The molecule has 1 heterocycles. The van der Waals surface area contributed by atoms with Crippen molar-refractivity contribution in [2.75, 3.05) is 14.2 Å². The second-order valence-corrected chi connectivity index (χ2v) is 5.78. The minimum atomic E-state index is -0.741. The maximum Gasteiger partial charge on any atom is 0.176 e. The number of hydrogen-bond donors (Lipinski definition) is 0. The van der Waals surface area contributed by atoms with Crippen LogP contribution in [-0.4, -0.2) is 17.9 Å². The minimum Gasteiger partial charge on any atom is -0.494 e. The molecule has 0 spiro atoms. The highest BCUT2D eigenvalue weighted by atomic mass is 127. The lowest BCUT2D eigenvalue weighted by atomic mass is 9.99. The van der Waals surface area contributed by atoms with Crippen LogP contribution in [0.2, 0.25) is 0 Å². The topological polar surface area (TPSA) is 30.8 Å². The van der Waals surface area contributed by atoms with E-state index in [2.05, 4.69) is 27.6 Å². The van der Waals surface area contributed by atoms with Gasteiger partial charge in [-0.2, -0.15) is 0 Å². The molecule has 0 amide bonds. The Morgan fingerprint density at radius 1 is 1.05 bits per heavy atom. The third kappa shape index (κ3) is 2.35. The molecule has 0 saturated heterocycles. The first kappa shape index (κ1) is 15.2. The predicted octanol–water partition coefficient (Wildman–Crippen LogP) is 4.34. The van der Waals surface area contributed by atoms with E-state index in [-0.39, 0.29) is 17.1 Å². The van der Waals surface area contributed by atoms with Crippen molar-refractivity contribution < 1.29 is 18.3 Å². The molecule has 0 aromatic heterocycles. The second kappa shape index (κ2) is 5.83. The summed E-state index contributed by atoms with van der Waals surface area (Å²) in [5.74, 6) is -1.59. The smallest absolute Gasteiger partial charge is 0.176 e. The van der Waals surface area contributed by atoms with E-state index in [0.717, 1.165) is 14.8 Å². The van der Waals surface area contributed by atoms with Crippen LogP contribution in [0.4, 0.5) is 8.78 Å². The van der Waals surface area contributed by atoms with Gasteiger partial charge < -0.3 is 9.47 Å². The number of hydrogen-bond acceptors (Lipinski definition) is 3. The molecule has 1 aliphatic heterocycles. The van der Waals surface area contributed by atoms with Crippen molar-refractivity contribution in [1.82, 2.24) is 0 Å². The summed E-state index contributed by atoms with van der Waals surface area (Å²) in [6.07, 6.45) is 0. The van der Waals surface area contributed by atoms with Crippen LogP contribution in [0.25, 0.3) is 11.1 Å². The van der Waals surface area contributed by atoms with E-state index < -0.39 is 11.6 Å². The Balaban J connectivity index is 2.20. The van der Waals surface area contributed by atoms with Gasteiger partial charge in [-0.1, -0.05) is 12.1 Å². The molecule has 0 N–H and O–H groups in total. The summed E-state index contributed by atoms with van der Waals surface area (Å²) >= 11 is 2.15. The SMILES string of the molecule is COc1cc(OC)c(F)c(-c2ccc3c(c2)CN=C3I)c1F. The molecular formula is C16H12F2INO2. The van der Waals surface area contributed by atoms with Crippen molar-refractivity contribution in [3.63, 3.8) is 0 Å². The van der Waals surface area contributed by atoms with Crippen molar-refractivity contribution in [2.24, 2.45) is 4.99 Å². The van der Waals surface area contributed by atoms with E-state index in [9.17, 15) is 8.78 Å². The highest BCUT2D eigenvalue weighted by molar-refractivity contribution is 14.1. The normalized spacial score (nSPS) is 12.9. The van der Waals surface area contributed by atoms with Gasteiger partial charge in [0.25, 0.3) is 0 Å². The lowest BCUT2D eigenvalue weighted by molar-refractivity contribution is 0.360. The summed E-state index contributed by atoms with van der Waals surface area (Å²) in [5, 5.41) is 0. The number of halogens is 3. The molecule has 22 heavy (non-hydrogen) atoms. The van der Waals surface area contributed by atoms with E-state index in [1.165, 1.54) is 20.3 Å². The zero-order valence-electron chi connectivity index (χ0n) is 11.9. The average molecular weight is 415 g/mol. The maximum atomic E-state index is 14.5. The molecule has 0 radical (unpaired) electrons. The van der Waals surface area contributed by atoms with Gasteiger partial charge >= 0.3 is 0 Å². The van der Waals surface area contributed by atoms with Crippen molar-refractivity contribution in [3.8, 4) is 22.6 Å². The molecule has 6 heteroatoms. The first-order chi connectivity index (χ1) is 10.6.